The van der Waals surface area contributed by atoms with Crippen LogP contribution in [0.4, 0.5) is 145 Å². The van der Waals surface area contributed by atoms with Gasteiger partial charge in [-0.25, -0.2) is 18.0 Å². The number of methoxy groups -OCH3 is 1. The van der Waals surface area contributed by atoms with Crippen molar-refractivity contribution in [3.8, 4) is 5.75 Å². The lowest BCUT2D eigenvalue weighted by Crippen LogP contribution is -2.63. The Labute approximate surface area is 648 Å². The molecule has 16 nitrogen and oxygen atoms in total. The number of rotatable bonds is 29. The molecule has 50 heteroatoms. The highest BCUT2D eigenvalue weighted by Crippen LogP contribution is 2.54. The number of esters is 1. The number of Topliss-reactive ketones (excluding diaryl/α,β-unsaturated/α-hetero) is 13. The van der Waals surface area contributed by atoms with Crippen LogP contribution in [0.15, 0.2) is 146 Å². The first kappa shape index (κ1) is 110. The fraction of sp³-hybridized carbons (Fsp3) is 0.362. The van der Waals surface area contributed by atoms with Gasteiger partial charge in [-0.05, 0) is 38.1 Å². The minimum Gasteiger partial charge on any atom is -0.497 e. The molecule has 119 heavy (non-hydrogen) atoms. The lowest BCUT2D eigenvalue weighted by atomic mass is 9.95. The van der Waals surface area contributed by atoms with Crippen molar-refractivity contribution in [3.63, 3.8) is 0 Å². The van der Waals surface area contributed by atoms with E-state index in [9.17, 15) is 212 Å². The van der Waals surface area contributed by atoms with Crippen LogP contribution >= 0.6 is 11.6 Å². The molecule has 0 radical (unpaired) electrons. The first-order valence-corrected chi connectivity index (χ1v) is 31.3. The molecule has 0 heterocycles. The molecule has 0 saturated heterocycles. The maximum Gasteiger partial charge on any atom is 0.461 e. The lowest BCUT2D eigenvalue weighted by Gasteiger charge is -2.32. The predicted molar refractivity (Wildman–Crippen MR) is 337 cm³/mol. The summed E-state index contributed by atoms with van der Waals surface area (Å²) in [6.07, 6.45) is -48.2. The second kappa shape index (κ2) is 45.3. The van der Waals surface area contributed by atoms with Crippen molar-refractivity contribution >= 4 is 92.8 Å². The van der Waals surface area contributed by atoms with E-state index < -0.39 is 210 Å². The van der Waals surface area contributed by atoms with Crippen LogP contribution in [-0.4, -0.2) is 185 Å². The number of benzene rings is 5. The van der Waals surface area contributed by atoms with Gasteiger partial charge in [0.25, 0.3) is 12.2 Å². The molecule has 5 aromatic carbocycles. The molecule has 2 atom stereocenters. The number of ketones is 13. The minimum atomic E-state index is -7.17. The summed E-state index contributed by atoms with van der Waals surface area (Å²) in [5.41, 5.74) is -0.577. The molecule has 0 aliphatic heterocycles. The molecular weight excluding hydrogens is 1750 g/mol. The minimum absolute atomic E-state index is 0.0448. The van der Waals surface area contributed by atoms with Crippen molar-refractivity contribution in [2.24, 2.45) is 0 Å². The van der Waals surface area contributed by atoms with Crippen molar-refractivity contribution in [2.75, 3.05) is 13.7 Å². The van der Waals surface area contributed by atoms with Gasteiger partial charge in [0.05, 0.1) is 52.2 Å². The van der Waals surface area contributed by atoms with Crippen molar-refractivity contribution in [3.05, 3.63) is 173 Å². The van der Waals surface area contributed by atoms with E-state index in [1.165, 1.54) is 129 Å². The second-order valence-corrected chi connectivity index (χ2v) is 22.7. The van der Waals surface area contributed by atoms with Gasteiger partial charge in [-0.3, -0.25) is 62.3 Å². The van der Waals surface area contributed by atoms with Crippen LogP contribution in [-0.2, 0) is 47.9 Å². The molecule has 0 aromatic heterocycles. The number of alkyl halides is 34. The standard InChI is InChI=1S/C13H7F9O2.C12H7F7O2.C11H7F5O2.C11H9F3O3.C10H7F3O2.C6H6ClF3O3.C6H7F3O2/c14-10(15,11(16,17)12(18,19)13(20,21)22)9(24)6-8(23)7-4-2-1-3-5-7;13-10(14,11(15,16)12(17,18)19)9(21)6-8(20)7-4-2-1-3-5-7;12-10(13,11(14,15)16)9(18)6-8(17)7-4-2-1-3-5-7;1-17-8-4-2-7(3-5-8)9(15)6-10(16)11(12,13)14;11-10(12,13)9(15)6-8(14)7-4-2-1-3-5-7;1-2-13-5(12)3(7)4(11)6(8,9)10;1-3(7)4(10)2-5(11)6(8)9/h1-5H,6H2;1-5H,6H2;1-5H,6H2;2-5H,6H2,1H3;1-5H,6H2;3H,2H2,1H3;3,6H,2H2,1H3. The van der Waals surface area contributed by atoms with Gasteiger partial charge < -0.3 is 9.47 Å². The number of ether oxygens (including phenoxy) is 2. The average Bonchev–Trinajstić information content (AvgIpc) is 0.735. The Kier molecular flexibility index (Phi) is 41.9. The Morgan fingerprint density at radius 1 is 0.319 bits per heavy atom. The topological polar surface area (TPSA) is 257 Å². The van der Waals surface area contributed by atoms with E-state index in [0.717, 1.165) is 31.2 Å². The van der Waals surface area contributed by atoms with Crippen molar-refractivity contribution < 1.29 is 221 Å². The van der Waals surface area contributed by atoms with Gasteiger partial charge in [-0.2, -0.15) is 132 Å². The highest BCUT2D eigenvalue weighted by molar-refractivity contribution is 6.41. The summed E-state index contributed by atoms with van der Waals surface area (Å²) in [5, 5.41) is -2.31. The Bertz CT molecular complexity index is 4240. The van der Waals surface area contributed by atoms with Crippen LogP contribution in [0.2, 0.25) is 0 Å². The molecule has 5 aromatic rings. The fourth-order valence-electron chi connectivity index (χ4n) is 6.96. The average molecular weight is 1800 g/mol. The van der Waals surface area contributed by atoms with Crippen LogP contribution in [0.5, 0.6) is 5.75 Å². The smallest absolute Gasteiger partial charge is 0.461 e. The van der Waals surface area contributed by atoms with Crippen molar-refractivity contribution in [2.45, 2.75) is 143 Å². The molecular formula is C69H50ClF33O16. The van der Waals surface area contributed by atoms with Crippen LogP contribution in [0, 0.1) is 0 Å². The van der Waals surface area contributed by atoms with E-state index in [1.807, 2.05) is 0 Å². The SMILES string of the molecule is CC(F)C(=O)CC(=O)C(F)F.CCOC(=O)C(Cl)C(=O)C(F)(F)F.COc1ccc(C(=O)CC(=O)C(F)(F)F)cc1.O=C(CC(=O)C(F)(F)C(F)(F)C(F)(F)C(F)(F)F)c1ccccc1.O=C(CC(=O)C(F)(F)C(F)(F)C(F)(F)F)c1ccccc1.O=C(CC(=O)C(F)(F)C(F)(F)F)c1ccccc1.O=C(CC(=O)C(F)(F)F)c1ccccc1. The van der Waals surface area contributed by atoms with Gasteiger partial charge in [-0.15, -0.1) is 11.6 Å². The third-order valence-corrected chi connectivity index (χ3v) is 13.7. The van der Waals surface area contributed by atoms with E-state index in [0.29, 0.717) is 5.75 Å². The zero-order valence-corrected chi connectivity index (χ0v) is 59.7. The zero-order valence-electron chi connectivity index (χ0n) is 58.9. The summed E-state index contributed by atoms with van der Waals surface area (Å²) >= 11 is 4.90. The second-order valence-electron chi connectivity index (χ2n) is 22.2. The summed E-state index contributed by atoms with van der Waals surface area (Å²) in [5.74, 6) is -62.4. The molecule has 660 valence electrons. The van der Waals surface area contributed by atoms with Crippen LogP contribution in [0.3, 0.4) is 0 Å². The van der Waals surface area contributed by atoms with Gasteiger partial charge in [0, 0.05) is 27.8 Å². The van der Waals surface area contributed by atoms with E-state index in [-0.39, 0.29) is 34.4 Å². The molecule has 0 aliphatic rings. The van der Waals surface area contributed by atoms with E-state index in [1.54, 1.807) is 6.07 Å². The molecule has 5 rings (SSSR count). The van der Waals surface area contributed by atoms with E-state index in [2.05, 4.69) is 4.74 Å². The van der Waals surface area contributed by atoms with E-state index >= 15 is 0 Å². The summed E-state index contributed by atoms with van der Waals surface area (Å²) < 4.78 is 411. The quantitative estimate of drug-likeness (QED) is 0.0142. The van der Waals surface area contributed by atoms with Crippen LogP contribution in [0.1, 0.15) is 104 Å². The first-order valence-electron chi connectivity index (χ1n) is 30.9. The van der Waals surface area contributed by atoms with E-state index in [4.69, 9.17) is 16.3 Å². The maximum absolute atomic E-state index is 13.3. The van der Waals surface area contributed by atoms with Gasteiger partial charge in [0.1, 0.15) is 5.75 Å². The molecule has 0 amide bonds. The Hall–Kier alpha value is -10.9. The number of hydrogen-bond donors (Lipinski definition) is 0. The molecule has 0 saturated carbocycles. The van der Waals surface area contributed by atoms with Gasteiger partial charge in [-0.1, -0.05) is 121 Å². The third kappa shape index (κ3) is 34.1. The summed E-state index contributed by atoms with van der Waals surface area (Å²) in [7, 11) is 1.42. The Morgan fingerprint density at radius 2 is 0.580 bits per heavy atom. The predicted octanol–water partition coefficient (Wildman–Crippen LogP) is 18.2. The molecule has 0 aliphatic carbocycles. The zero-order chi connectivity index (χ0) is 93.6. The van der Waals surface area contributed by atoms with Gasteiger partial charge >= 0.3 is 78.6 Å². The Balaban J connectivity index is 0. The number of hydrogen-bond acceptors (Lipinski definition) is 16. The number of halogens is 34. The van der Waals surface area contributed by atoms with Crippen LogP contribution < -0.4 is 4.74 Å². The van der Waals surface area contributed by atoms with Gasteiger partial charge in [0.15, 0.2) is 46.2 Å². The highest BCUT2D eigenvalue weighted by atomic mass is 35.5. The molecule has 0 bridgehead atoms. The molecule has 0 N–H and O–H groups in total. The highest BCUT2D eigenvalue weighted by Gasteiger charge is 2.83. The fourth-order valence-corrected chi connectivity index (χ4v) is 7.15. The van der Waals surface area contributed by atoms with Crippen molar-refractivity contribution in [1.82, 2.24) is 0 Å². The lowest BCUT2D eigenvalue weighted by molar-refractivity contribution is -0.388. The normalized spacial score (nSPS) is 12.6. The summed E-state index contributed by atoms with van der Waals surface area (Å²) in [4.78, 5) is 152. The van der Waals surface area contributed by atoms with Gasteiger partial charge in [0.2, 0.25) is 34.7 Å². The Morgan fingerprint density at radius 3 is 0.807 bits per heavy atom. The molecule has 0 spiro atoms. The van der Waals surface area contributed by atoms with Crippen LogP contribution in [0.25, 0.3) is 0 Å². The summed E-state index contributed by atoms with van der Waals surface area (Å²) in [6, 6.07) is 31.8. The molecule has 0 fully saturated rings. The first-order chi connectivity index (χ1) is 53.7. The number of carbonyl (C=O) groups is 14. The summed E-state index contributed by atoms with van der Waals surface area (Å²) in [6.45, 7) is 2.16. The third-order valence-electron chi connectivity index (χ3n) is 13.4. The molecule has 2 unspecified atom stereocenters. The maximum atomic E-state index is 13.3. The number of carbonyl (C=O) groups excluding carboxylic acids is 14. The monoisotopic (exact) mass is 1800 g/mol. The van der Waals surface area contributed by atoms with Crippen molar-refractivity contribution in [1.29, 1.82) is 0 Å². The largest absolute Gasteiger partial charge is 0.497 e.